The molecule has 28 heavy (non-hydrogen) atoms. The maximum absolute atomic E-state index is 14.0. The molecule has 0 atom stereocenters. The summed E-state index contributed by atoms with van der Waals surface area (Å²) in [5, 5.41) is 0.668. The number of fused-ring (bicyclic) bond motifs is 1. The van der Waals surface area contributed by atoms with Crippen molar-refractivity contribution in [1.29, 1.82) is 0 Å². The summed E-state index contributed by atoms with van der Waals surface area (Å²) in [7, 11) is 2.05. The van der Waals surface area contributed by atoms with Crippen LogP contribution < -0.4 is 5.56 Å². The zero-order chi connectivity index (χ0) is 19.8. The second kappa shape index (κ2) is 7.20. The van der Waals surface area contributed by atoms with Crippen molar-refractivity contribution in [2.24, 2.45) is 0 Å². The van der Waals surface area contributed by atoms with Gasteiger partial charge in [0.25, 0.3) is 11.5 Å². The monoisotopic (exact) mass is 379 g/mol. The van der Waals surface area contributed by atoms with Crippen molar-refractivity contribution in [1.82, 2.24) is 14.8 Å². The molecule has 1 saturated heterocycles. The molecule has 1 aromatic heterocycles. The second-order valence-corrected chi connectivity index (χ2v) is 7.34. The van der Waals surface area contributed by atoms with Crippen LogP contribution in [0.3, 0.4) is 0 Å². The van der Waals surface area contributed by atoms with Gasteiger partial charge in [0, 0.05) is 37.4 Å². The molecule has 6 heteroatoms. The van der Waals surface area contributed by atoms with Crippen molar-refractivity contribution in [2.75, 3.05) is 33.2 Å². The highest BCUT2D eigenvalue weighted by Crippen LogP contribution is 2.24. The van der Waals surface area contributed by atoms with Crippen molar-refractivity contribution in [3.8, 4) is 11.3 Å². The third-order valence-electron chi connectivity index (χ3n) is 5.41. The number of hydrogen-bond donors (Lipinski definition) is 1. The maximum Gasteiger partial charge on any atom is 0.259 e. The highest BCUT2D eigenvalue weighted by molar-refractivity contribution is 5.95. The zero-order valence-electron chi connectivity index (χ0n) is 16.0. The van der Waals surface area contributed by atoms with E-state index in [0.717, 1.165) is 37.3 Å². The number of likely N-dealkylation sites (N-methyl/N-ethyl adjacent to an activating group) is 1. The third kappa shape index (κ3) is 3.31. The molecule has 2 heterocycles. The van der Waals surface area contributed by atoms with Gasteiger partial charge in [0.1, 0.15) is 5.82 Å². The molecule has 1 fully saturated rings. The minimum absolute atomic E-state index is 0.0181. The number of aromatic nitrogens is 1. The summed E-state index contributed by atoms with van der Waals surface area (Å²) >= 11 is 0. The zero-order valence-corrected chi connectivity index (χ0v) is 16.0. The van der Waals surface area contributed by atoms with E-state index >= 15 is 0 Å². The van der Waals surface area contributed by atoms with Gasteiger partial charge in [0.05, 0.1) is 5.39 Å². The van der Waals surface area contributed by atoms with Gasteiger partial charge in [-0.1, -0.05) is 18.2 Å². The first-order chi connectivity index (χ1) is 13.4. The quantitative estimate of drug-likeness (QED) is 0.745. The highest BCUT2D eigenvalue weighted by atomic mass is 19.1. The van der Waals surface area contributed by atoms with Crippen LogP contribution in [0.4, 0.5) is 4.39 Å². The fourth-order valence-corrected chi connectivity index (χ4v) is 3.62. The van der Waals surface area contributed by atoms with Crippen LogP contribution in [-0.4, -0.2) is 53.9 Å². The normalized spacial score (nSPS) is 15.2. The number of benzene rings is 2. The molecule has 0 bridgehead atoms. The number of piperazine rings is 1. The van der Waals surface area contributed by atoms with Crippen LogP contribution in [0, 0.1) is 12.7 Å². The standard InChI is InChI=1S/C22H22FN3O2/c1-14-3-8-18(23)20-17(14)13-19(24-21(20)27)15-4-6-16(7-5-15)22(28)26-11-9-25(2)10-12-26/h3-8,13H,9-12H2,1-2H3,(H,24,27). The van der Waals surface area contributed by atoms with Crippen molar-refractivity contribution >= 4 is 16.7 Å². The van der Waals surface area contributed by atoms with Gasteiger partial charge < -0.3 is 14.8 Å². The predicted octanol–water partition coefficient (Wildman–Crippen LogP) is 3.03. The Labute approximate surface area is 162 Å². The molecule has 5 nitrogen and oxygen atoms in total. The van der Waals surface area contributed by atoms with Gasteiger partial charge in [-0.25, -0.2) is 4.39 Å². The summed E-state index contributed by atoms with van der Waals surface area (Å²) in [5.74, 6) is -0.508. The molecule has 0 spiro atoms. The summed E-state index contributed by atoms with van der Waals surface area (Å²) in [4.78, 5) is 31.9. The van der Waals surface area contributed by atoms with Gasteiger partial charge in [0.2, 0.25) is 0 Å². The Bertz CT molecular complexity index is 1100. The van der Waals surface area contributed by atoms with E-state index in [4.69, 9.17) is 0 Å². The molecule has 0 unspecified atom stereocenters. The molecule has 2 aromatic carbocycles. The van der Waals surface area contributed by atoms with E-state index in [1.807, 2.05) is 24.0 Å². The lowest BCUT2D eigenvalue weighted by atomic mass is 10.0. The summed E-state index contributed by atoms with van der Waals surface area (Å²) in [6.45, 7) is 5.04. The number of carbonyl (C=O) groups is 1. The Kier molecular flexibility index (Phi) is 4.73. The lowest BCUT2D eigenvalue weighted by Gasteiger charge is -2.32. The molecule has 1 N–H and O–H groups in total. The van der Waals surface area contributed by atoms with E-state index in [1.165, 1.54) is 6.07 Å². The summed E-state index contributed by atoms with van der Waals surface area (Å²) in [6, 6.07) is 11.9. The molecule has 1 aliphatic rings. The first kappa shape index (κ1) is 18.4. The van der Waals surface area contributed by atoms with E-state index in [9.17, 15) is 14.0 Å². The molecule has 3 aromatic rings. The van der Waals surface area contributed by atoms with Crippen LogP contribution in [0.25, 0.3) is 22.0 Å². The summed E-state index contributed by atoms with van der Waals surface area (Å²) < 4.78 is 14.0. The minimum Gasteiger partial charge on any atom is -0.336 e. The summed E-state index contributed by atoms with van der Waals surface area (Å²) in [6.07, 6.45) is 0. The van der Waals surface area contributed by atoms with Crippen molar-refractivity contribution in [3.63, 3.8) is 0 Å². The number of carbonyl (C=O) groups excluding carboxylic acids is 1. The molecule has 0 aliphatic carbocycles. The average molecular weight is 379 g/mol. The molecule has 1 aliphatic heterocycles. The highest BCUT2D eigenvalue weighted by Gasteiger charge is 2.20. The van der Waals surface area contributed by atoms with Crippen molar-refractivity contribution in [3.05, 3.63) is 69.8 Å². The fraction of sp³-hybridized carbons (Fsp3) is 0.273. The predicted molar refractivity (Wildman–Crippen MR) is 108 cm³/mol. The minimum atomic E-state index is -0.526. The number of hydrogen-bond acceptors (Lipinski definition) is 3. The van der Waals surface area contributed by atoms with Crippen LogP contribution in [-0.2, 0) is 0 Å². The van der Waals surface area contributed by atoms with Crippen LogP contribution in [0.15, 0.2) is 47.3 Å². The maximum atomic E-state index is 14.0. The number of nitrogens with one attached hydrogen (secondary N) is 1. The topological polar surface area (TPSA) is 56.4 Å². The van der Waals surface area contributed by atoms with Crippen LogP contribution in [0.1, 0.15) is 15.9 Å². The number of pyridine rings is 1. The SMILES string of the molecule is Cc1ccc(F)c2c(=O)[nH]c(-c3ccc(C(=O)N4CCN(C)CC4)cc3)cc12. The van der Waals surface area contributed by atoms with E-state index < -0.39 is 11.4 Å². The Morgan fingerprint density at radius 3 is 2.39 bits per heavy atom. The van der Waals surface area contributed by atoms with E-state index in [1.54, 1.807) is 24.3 Å². The lowest BCUT2D eigenvalue weighted by Crippen LogP contribution is -2.47. The number of H-pyrrole nitrogens is 1. The average Bonchev–Trinajstić information content (AvgIpc) is 2.70. The van der Waals surface area contributed by atoms with Crippen LogP contribution in [0.2, 0.25) is 0 Å². The van der Waals surface area contributed by atoms with Crippen molar-refractivity contribution < 1.29 is 9.18 Å². The number of halogens is 1. The van der Waals surface area contributed by atoms with E-state index in [-0.39, 0.29) is 11.3 Å². The Hall–Kier alpha value is -2.99. The summed E-state index contributed by atoms with van der Waals surface area (Å²) in [5.41, 5.74) is 2.39. The van der Waals surface area contributed by atoms with Crippen LogP contribution in [0.5, 0.6) is 0 Å². The van der Waals surface area contributed by atoms with Crippen LogP contribution >= 0.6 is 0 Å². The van der Waals surface area contributed by atoms with E-state index in [2.05, 4.69) is 16.9 Å². The number of rotatable bonds is 2. The van der Waals surface area contributed by atoms with Gasteiger partial charge >= 0.3 is 0 Å². The van der Waals surface area contributed by atoms with Gasteiger partial charge in [-0.3, -0.25) is 9.59 Å². The first-order valence-electron chi connectivity index (χ1n) is 9.34. The molecule has 0 saturated carbocycles. The second-order valence-electron chi connectivity index (χ2n) is 7.34. The van der Waals surface area contributed by atoms with E-state index in [0.29, 0.717) is 16.6 Å². The molecule has 4 rings (SSSR count). The molecule has 1 amide bonds. The van der Waals surface area contributed by atoms with Gasteiger partial charge in [0.15, 0.2) is 0 Å². The van der Waals surface area contributed by atoms with Crippen molar-refractivity contribution in [2.45, 2.75) is 6.92 Å². The fourth-order valence-electron chi connectivity index (χ4n) is 3.62. The molecule has 0 radical (unpaired) electrons. The number of amides is 1. The van der Waals surface area contributed by atoms with Gasteiger partial charge in [-0.2, -0.15) is 0 Å². The number of aryl methyl sites for hydroxylation is 1. The Morgan fingerprint density at radius 1 is 1.04 bits per heavy atom. The third-order valence-corrected chi connectivity index (χ3v) is 5.41. The largest absolute Gasteiger partial charge is 0.336 e. The molecule has 144 valence electrons. The first-order valence-corrected chi connectivity index (χ1v) is 9.34. The Balaban J connectivity index is 1.65. The molecular weight excluding hydrogens is 357 g/mol. The number of nitrogens with zero attached hydrogens (tertiary/aromatic N) is 2. The molecular formula is C22H22FN3O2. The smallest absolute Gasteiger partial charge is 0.259 e. The number of aromatic amines is 1. The Morgan fingerprint density at radius 2 is 1.71 bits per heavy atom. The van der Waals surface area contributed by atoms with Gasteiger partial charge in [-0.05, 0) is 54.8 Å². The van der Waals surface area contributed by atoms with Gasteiger partial charge in [-0.15, -0.1) is 0 Å². The lowest BCUT2D eigenvalue weighted by molar-refractivity contribution is 0.0664.